The number of benzene rings is 1. The van der Waals surface area contributed by atoms with Gasteiger partial charge in [-0.2, -0.15) is 0 Å². The van der Waals surface area contributed by atoms with Crippen LogP contribution in [0.25, 0.3) is 0 Å². The van der Waals surface area contributed by atoms with Crippen LogP contribution in [0.3, 0.4) is 0 Å². The number of carbonyl (C=O) groups is 1. The van der Waals surface area contributed by atoms with Gasteiger partial charge in [0.15, 0.2) is 0 Å². The molecule has 0 atom stereocenters. The lowest BCUT2D eigenvalue weighted by molar-refractivity contribution is 0.0642. The van der Waals surface area contributed by atoms with Crippen LogP contribution < -0.4 is 5.73 Å². The van der Waals surface area contributed by atoms with Crippen molar-refractivity contribution in [1.29, 1.82) is 0 Å². The topological polar surface area (TPSA) is 49.6 Å². The third kappa shape index (κ3) is 3.81. The highest BCUT2D eigenvalue weighted by Crippen LogP contribution is 2.15. The van der Waals surface area contributed by atoms with E-state index in [1.165, 1.54) is 18.2 Å². The number of hydrogen-bond acceptors (Lipinski definition) is 3. The Hall–Kier alpha value is -1.90. The van der Waals surface area contributed by atoms with Crippen LogP contribution in [-0.2, 0) is 0 Å². The van der Waals surface area contributed by atoms with Gasteiger partial charge in [-0.15, -0.1) is 0 Å². The van der Waals surface area contributed by atoms with Gasteiger partial charge in [0.2, 0.25) is 0 Å². The van der Waals surface area contributed by atoms with Crippen molar-refractivity contribution in [3.05, 3.63) is 35.1 Å². The van der Waals surface area contributed by atoms with Gasteiger partial charge < -0.3 is 15.5 Å². The first-order valence-corrected chi connectivity index (χ1v) is 7.15. The summed E-state index contributed by atoms with van der Waals surface area (Å²) in [6, 6.07) is 4.11. The quantitative estimate of drug-likeness (QED) is 0.824. The van der Waals surface area contributed by atoms with E-state index < -0.39 is 5.82 Å². The van der Waals surface area contributed by atoms with Crippen molar-refractivity contribution in [2.24, 2.45) is 5.73 Å². The van der Waals surface area contributed by atoms with Crippen LogP contribution in [0.15, 0.2) is 18.2 Å². The van der Waals surface area contributed by atoms with Gasteiger partial charge in [-0.1, -0.05) is 18.8 Å². The van der Waals surface area contributed by atoms with E-state index in [0.29, 0.717) is 24.2 Å². The number of halogens is 1. The summed E-state index contributed by atoms with van der Waals surface area (Å²) in [4.78, 5) is 16.6. The summed E-state index contributed by atoms with van der Waals surface area (Å²) in [5.41, 5.74) is 6.21. The average molecular weight is 289 g/mol. The number of likely N-dealkylation sites (N-methyl/N-ethyl adjacent to an activating group) is 1. The molecule has 1 heterocycles. The summed E-state index contributed by atoms with van der Waals surface area (Å²) in [5.74, 6) is 4.97. The number of hydrogen-bond donors (Lipinski definition) is 1. The summed E-state index contributed by atoms with van der Waals surface area (Å²) in [6.07, 6.45) is 0. The molecule has 1 aromatic carbocycles. The maximum Gasteiger partial charge on any atom is 0.255 e. The molecule has 1 fully saturated rings. The second-order valence-electron chi connectivity index (χ2n) is 4.92. The van der Waals surface area contributed by atoms with E-state index in [1.54, 1.807) is 4.90 Å². The summed E-state index contributed by atoms with van der Waals surface area (Å²) < 4.78 is 13.5. The lowest BCUT2D eigenvalue weighted by atomic mass is 10.1. The fraction of sp³-hybridized carbons (Fsp3) is 0.438. The lowest BCUT2D eigenvalue weighted by Gasteiger charge is -2.34. The predicted molar refractivity (Wildman–Crippen MR) is 80.3 cm³/mol. The number of nitrogens with two attached hydrogens (primary N) is 1. The molecule has 0 bridgehead atoms. The van der Waals surface area contributed by atoms with Crippen molar-refractivity contribution in [3.63, 3.8) is 0 Å². The van der Waals surface area contributed by atoms with Crippen LogP contribution in [0, 0.1) is 17.7 Å². The Morgan fingerprint density at radius 1 is 1.33 bits per heavy atom. The molecule has 1 aromatic rings. The molecule has 0 saturated carbocycles. The second-order valence-corrected chi connectivity index (χ2v) is 4.92. The molecule has 0 radical (unpaired) electrons. The maximum atomic E-state index is 13.5. The number of rotatable bonds is 2. The van der Waals surface area contributed by atoms with Gasteiger partial charge in [0, 0.05) is 31.7 Å². The van der Waals surface area contributed by atoms with Gasteiger partial charge in [-0.25, -0.2) is 4.39 Å². The summed E-state index contributed by atoms with van der Waals surface area (Å²) in [5, 5.41) is 0. The summed E-state index contributed by atoms with van der Waals surface area (Å²) >= 11 is 0. The average Bonchev–Trinajstić information content (AvgIpc) is 2.53. The molecule has 5 heteroatoms. The Kier molecular flexibility index (Phi) is 5.32. The first-order valence-electron chi connectivity index (χ1n) is 7.15. The molecule has 0 aliphatic carbocycles. The van der Waals surface area contributed by atoms with Gasteiger partial charge in [0.05, 0.1) is 12.1 Å². The molecule has 1 amide bonds. The zero-order valence-electron chi connectivity index (χ0n) is 12.2. The van der Waals surface area contributed by atoms with Gasteiger partial charge in [-0.3, -0.25) is 4.79 Å². The normalized spacial score (nSPS) is 15.5. The predicted octanol–water partition coefficient (Wildman–Crippen LogP) is 0.914. The molecule has 0 spiro atoms. The first-order chi connectivity index (χ1) is 10.2. The highest BCUT2D eigenvalue weighted by Gasteiger charge is 2.23. The van der Waals surface area contributed by atoms with E-state index in [-0.39, 0.29) is 12.5 Å². The molecule has 0 aromatic heterocycles. The van der Waals surface area contributed by atoms with Crippen LogP contribution in [0.5, 0.6) is 0 Å². The van der Waals surface area contributed by atoms with Crippen LogP contribution in [0.2, 0.25) is 0 Å². The van der Waals surface area contributed by atoms with Crippen molar-refractivity contribution in [2.45, 2.75) is 6.92 Å². The highest BCUT2D eigenvalue weighted by molar-refractivity contribution is 5.96. The second kappa shape index (κ2) is 7.21. The fourth-order valence-electron chi connectivity index (χ4n) is 2.39. The van der Waals surface area contributed by atoms with Crippen LogP contribution in [0.4, 0.5) is 4.39 Å². The maximum absolute atomic E-state index is 13.5. The fourth-order valence-corrected chi connectivity index (χ4v) is 2.39. The minimum atomic E-state index is -0.427. The summed E-state index contributed by atoms with van der Waals surface area (Å²) in [6.45, 7) is 6.31. The Labute approximate surface area is 124 Å². The Morgan fingerprint density at radius 3 is 2.67 bits per heavy atom. The van der Waals surface area contributed by atoms with Crippen molar-refractivity contribution < 1.29 is 9.18 Å². The molecule has 21 heavy (non-hydrogen) atoms. The molecular weight excluding hydrogens is 269 g/mol. The van der Waals surface area contributed by atoms with Crippen molar-refractivity contribution in [1.82, 2.24) is 9.80 Å². The minimum Gasteiger partial charge on any atom is -0.336 e. The Morgan fingerprint density at radius 2 is 2.05 bits per heavy atom. The molecule has 1 aliphatic heterocycles. The number of carbonyl (C=O) groups excluding carboxylic acids is 1. The van der Waals surface area contributed by atoms with E-state index in [0.717, 1.165) is 19.6 Å². The van der Waals surface area contributed by atoms with Crippen LogP contribution in [-0.4, -0.2) is 55.0 Å². The number of piperazine rings is 1. The minimum absolute atomic E-state index is 0.161. The molecule has 0 unspecified atom stereocenters. The van der Waals surface area contributed by atoms with Crippen molar-refractivity contribution in [3.8, 4) is 11.8 Å². The number of amides is 1. The molecule has 112 valence electrons. The molecule has 2 rings (SSSR count). The largest absolute Gasteiger partial charge is 0.336 e. The standard InChI is InChI=1S/C16H20FN3O/c1-2-19-8-10-20(11-9-19)16(21)15-12-14(17)6-5-13(15)4-3-7-18/h5-6,12H,2,7-11,18H2,1H3. The smallest absolute Gasteiger partial charge is 0.255 e. The molecule has 1 aliphatic rings. The monoisotopic (exact) mass is 289 g/mol. The molecule has 1 saturated heterocycles. The van der Waals surface area contributed by atoms with Crippen LogP contribution >= 0.6 is 0 Å². The zero-order valence-corrected chi connectivity index (χ0v) is 12.2. The van der Waals surface area contributed by atoms with E-state index in [2.05, 4.69) is 23.7 Å². The first kappa shape index (κ1) is 15.5. The Balaban J connectivity index is 2.20. The SMILES string of the molecule is CCN1CCN(C(=O)c2cc(F)ccc2C#CCN)CC1. The van der Waals surface area contributed by atoms with E-state index in [1.807, 2.05) is 0 Å². The molecular formula is C16H20FN3O. The van der Waals surface area contributed by atoms with Gasteiger partial charge >= 0.3 is 0 Å². The lowest BCUT2D eigenvalue weighted by Crippen LogP contribution is -2.48. The van der Waals surface area contributed by atoms with Gasteiger partial charge in [-0.05, 0) is 24.7 Å². The van der Waals surface area contributed by atoms with Crippen molar-refractivity contribution >= 4 is 5.91 Å². The third-order valence-corrected chi connectivity index (χ3v) is 3.64. The Bertz CT molecular complexity index is 569. The van der Waals surface area contributed by atoms with Gasteiger partial charge in [0.25, 0.3) is 5.91 Å². The summed E-state index contributed by atoms with van der Waals surface area (Å²) in [7, 11) is 0. The van der Waals surface area contributed by atoms with Crippen LogP contribution in [0.1, 0.15) is 22.8 Å². The zero-order chi connectivity index (χ0) is 15.2. The number of nitrogens with zero attached hydrogens (tertiary/aromatic N) is 2. The van der Waals surface area contributed by atoms with E-state index >= 15 is 0 Å². The molecule has 2 N–H and O–H groups in total. The van der Waals surface area contributed by atoms with E-state index in [4.69, 9.17) is 5.73 Å². The van der Waals surface area contributed by atoms with Crippen molar-refractivity contribution in [2.75, 3.05) is 39.3 Å². The highest BCUT2D eigenvalue weighted by atomic mass is 19.1. The van der Waals surface area contributed by atoms with E-state index in [9.17, 15) is 9.18 Å². The third-order valence-electron chi connectivity index (χ3n) is 3.64. The van der Waals surface area contributed by atoms with Gasteiger partial charge in [0.1, 0.15) is 5.82 Å². The molecule has 4 nitrogen and oxygen atoms in total.